The first kappa shape index (κ1) is 44.7. The van der Waals surface area contributed by atoms with Crippen LogP contribution in [0.25, 0.3) is 0 Å². The van der Waals surface area contributed by atoms with Crippen molar-refractivity contribution in [3.8, 4) is 0 Å². The number of hydrogen-bond donors (Lipinski definition) is 3. The Labute approximate surface area is 362 Å². The summed E-state index contributed by atoms with van der Waals surface area (Å²) in [7, 11) is 0. The van der Waals surface area contributed by atoms with Gasteiger partial charge >= 0.3 is 12.4 Å². The van der Waals surface area contributed by atoms with Gasteiger partial charge in [0.25, 0.3) is 5.91 Å². The first-order valence-corrected chi connectivity index (χ1v) is 21.8. The molecule has 1 aliphatic carbocycles. The van der Waals surface area contributed by atoms with E-state index in [4.69, 9.17) is 0 Å². The van der Waals surface area contributed by atoms with Crippen LogP contribution in [0, 0.1) is 35.1 Å². The van der Waals surface area contributed by atoms with Gasteiger partial charge in [-0.3, -0.25) is 29.7 Å². The number of amides is 1. The van der Waals surface area contributed by atoms with Gasteiger partial charge in [0.2, 0.25) is 0 Å². The number of carbonyl (C=O) groups is 1. The molecule has 6 heterocycles. The smallest absolute Gasteiger partial charge is 0.372 e. The number of nitrogens with one attached hydrogen (secondary N) is 2. The van der Waals surface area contributed by atoms with Crippen molar-refractivity contribution >= 4 is 5.91 Å². The minimum absolute atomic E-state index is 0.0419. The lowest BCUT2D eigenvalue weighted by molar-refractivity contribution is -0.142. The van der Waals surface area contributed by atoms with Gasteiger partial charge in [-0.2, -0.15) is 36.5 Å². The molecule has 64 heavy (non-hydrogen) atoms. The SMILES string of the molecule is O=C(c1n[nH]c2c1CN(CCC1CN(C(O)c3n[nH]c4c3CN(CC3CC3)CC4)CCC1c1ccc(F)c(F)c1C(F)(F)F)CC2)N1CCC(c2ccc(F)c(F)c2C(F)(F)F)CC1. The highest BCUT2D eigenvalue weighted by molar-refractivity contribution is 5.94. The fourth-order valence-corrected chi connectivity index (χ4v) is 10.5. The van der Waals surface area contributed by atoms with Gasteiger partial charge in [-0.25, -0.2) is 17.6 Å². The first-order valence-electron chi connectivity index (χ1n) is 21.8. The molecule has 1 saturated carbocycles. The van der Waals surface area contributed by atoms with Crippen molar-refractivity contribution in [3.63, 3.8) is 0 Å². The Morgan fingerprint density at radius 1 is 0.734 bits per heavy atom. The molecule has 9 rings (SSSR count). The average Bonchev–Trinajstić information content (AvgIpc) is 3.82. The van der Waals surface area contributed by atoms with Crippen molar-refractivity contribution in [2.45, 2.75) is 94.9 Å². The zero-order valence-electron chi connectivity index (χ0n) is 34.7. The van der Waals surface area contributed by atoms with Crippen LogP contribution < -0.4 is 0 Å². The van der Waals surface area contributed by atoms with Crippen LogP contribution in [0.1, 0.15) is 118 Å². The molecular formula is C44H48F10N8O2. The van der Waals surface area contributed by atoms with E-state index in [1.54, 1.807) is 4.90 Å². The number of halogens is 10. The molecule has 10 nitrogen and oxygen atoms in total. The second kappa shape index (κ2) is 17.4. The molecule has 0 radical (unpaired) electrons. The predicted molar refractivity (Wildman–Crippen MR) is 210 cm³/mol. The summed E-state index contributed by atoms with van der Waals surface area (Å²) in [4.78, 5) is 21.5. The molecule has 3 fully saturated rings. The van der Waals surface area contributed by atoms with E-state index in [1.807, 2.05) is 4.90 Å². The molecule has 2 aromatic heterocycles. The number of aromatic nitrogens is 4. The summed E-state index contributed by atoms with van der Waals surface area (Å²) in [5.41, 5.74) is -0.207. The van der Waals surface area contributed by atoms with Gasteiger partial charge in [0.1, 0.15) is 5.69 Å². The Morgan fingerprint density at radius 2 is 1.33 bits per heavy atom. The number of carbonyl (C=O) groups excluding carboxylic acids is 1. The number of fused-ring (bicyclic) bond motifs is 2. The summed E-state index contributed by atoms with van der Waals surface area (Å²) >= 11 is 0. The maximum absolute atomic E-state index is 15.0. The van der Waals surface area contributed by atoms with E-state index < -0.39 is 76.6 Å². The third-order valence-electron chi connectivity index (χ3n) is 14.1. The van der Waals surface area contributed by atoms with Crippen molar-refractivity contribution in [2.24, 2.45) is 11.8 Å². The summed E-state index contributed by atoms with van der Waals surface area (Å²) in [6, 6.07) is 3.34. The molecule has 4 aliphatic heterocycles. The maximum Gasteiger partial charge on any atom is 0.419 e. The third kappa shape index (κ3) is 8.78. The predicted octanol–water partition coefficient (Wildman–Crippen LogP) is 8.06. The van der Waals surface area contributed by atoms with E-state index in [-0.39, 0.29) is 68.8 Å². The number of aliphatic hydroxyl groups is 1. The number of benzene rings is 2. The van der Waals surface area contributed by atoms with Crippen molar-refractivity contribution in [1.29, 1.82) is 0 Å². The van der Waals surface area contributed by atoms with Crippen molar-refractivity contribution in [2.75, 3.05) is 52.4 Å². The fourth-order valence-electron chi connectivity index (χ4n) is 10.5. The standard InChI is InChI=1S/C44H48F10N8O2/c45-31-5-3-27(35(37(31)47)43(49,50)51)24-8-16-61(17-9-24)41(63)39-29-21-59(14-11-33(29)55-57-39)13-7-25-20-62(18-10-26(25)28-4-6-32(46)38(48)36(28)44(52,53)54)42(64)40-30-22-60(19-23-1-2-23)15-12-34(30)56-58-40/h3-6,23-26,42,64H,1-2,7-22H2,(H,55,57)(H,56,58). The number of piperidine rings is 2. The molecule has 20 heteroatoms. The quantitative estimate of drug-likeness (QED) is 0.138. The summed E-state index contributed by atoms with van der Waals surface area (Å²) in [5, 5.41) is 26.7. The number of aliphatic hydroxyl groups excluding tert-OH is 1. The minimum atomic E-state index is -5.17. The molecule has 3 atom stereocenters. The molecular weight excluding hydrogens is 863 g/mol. The number of hydrogen-bond acceptors (Lipinski definition) is 7. The first-order chi connectivity index (χ1) is 30.5. The highest BCUT2D eigenvalue weighted by atomic mass is 19.4. The summed E-state index contributed by atoms with van der Waals surface area (Å²) < 4.78 is 142. The van der Waals surface area contributed by atoms with Crippen LogP contribution in [0.4, 0.5) is 43.9 Å². The van der Waals surface area contributed by atoms with Crippen LogP contribution >= 0.6 is 0 Å². The van der Waals surface area contributed by atoms with Gasteiger partial charge in [0.15, 0.2) is 35.2 Å². The molecule has 0 bridgehead atoms. The van der Waals surface area contributed by atoms with E-state index in [1.165, 1.54) is 17.7 Å². The normalized spacial score (nSPS) is 22.5. The lowest BCUT2D eigenvalue weighted by Gasteiger charge is -2.42. The van der Waals surface area contributed by atoms with Crippen molar-refractivity contribution < 1.29 is 53.8 Å². The van der Waals surface area contributed by atoms with Gasteiger partial charge in [-0.1, -0.05) is 12.1 Å². The summed E-state index contributed by atoms with van der Waals surface area (Å²) in [6.07, 6.45) is -7.31. The lowest BCUT2D eigenvalue weighted by atomic mass is 9.76. The second-order valence-electron chi connectivity index (χ2n) is 18.1. The summed E-state index contributed by atoms with van der Waals surface area (Å²) in [6.45, 7) is 3.92. The van der Waals surface area contributed by atoms with Gasteiger partial charge in [-0.05, 0) is 92.0 Å². The number of nitrogens with zero attached hydrogens (tertiary/aromatic N) is 6. The zero-order valence-corrected chi connectivity index (χ0v) is 34.7. The van der Waals surface area contributed by atoms with Crippen LogP contribution in [0.15, 0.2) is 24.3 Å². The largest absolute Gasteiger partial charge is 0.419 e. The Hall–Kier alpha value is -4.53. The van der Waals surface area contributed by atoms with Gasteiger partial charge < -0.3 is 10.0 Å². The molecule has 3 unspecified atom stereocenters. The Bertz CT molecular complexity index is 2370. The third-order valence-corrected chi connectivity index (χ3v) is 14.1. The molecule has 346 valence electrons. The highest BCUT2D eigenvalue weighted by Crippen LogP contribution is 2.46. The van der Waals surface area contributed by atoms with Crippen LogP contribution in [-0.2, 0) is 38.3 Å². The number of rotatable bonds is 10. The van der Waals surface area contributed by atoms with E-state index in [0.717, 1.165) is 49.0 Å². The molecule has 2 aromatic carbocycles. The topological polar surface area (TPSA) is 108 Å². The maximum atomic E-state index is 15.0. The Morgan fingerprint density at radius 3 is 1.98 bits per heavy atom. The number of alkyl halides is 6. The van der Waals surface area contributed by atoms with E-state index in [0.29, 0.717) is 61.4 Å². The molecule has 0 spiro atoms. The molecule has 5 aliphatic rings. The van der Waals surface area contributed by atoms with E-state index in [2.05, 4.69) is 25.3 Å². The van der Waals surface area contributed by atoms with E-state index in [9.17, 15) is 49.4 Å². The summed E-state index contributed by atoms with van der Waals surface area (Å²) in [5.74, 6) is -9.07. The molecule has 1 amide bonds. The van der Waals surface area contributed by atoms with Crippen LogP contribution in [0.3, 0.4) is 0 Å². The highest BCUT2D eigenvalue weighted by Gasteiger charge is 2.45. The van der Waals surface area contributed by atoms with Crippen LogP contribution in [-0.4, -0.2) is 103 Å². The van der Waals surface area contributed by atoms with Crippen molar-refractivity contribution in [1.82, 2.24) is 40.0 Å². The monoisotopic (exact) mass is 910 g/mol. The fraction of sp³-hybridized carbons (Fsp3) is 0.568. The van der Waals surface area contributed by atoms with Crippen LogP contribution in [0.2, 0.25) is 0 Å². The second-order valence-corrected chi connectivity index (χ2v) is 18.1. The Kier molecular flexibility index (Phi) is 12.1. The Balaban J connectivity index is 0.906. The van der Waals surface area contributed by atoms with Gasteiger partial charge in [0.05, 0.1) is 11.1 Å². The number of likely N-dealkylation sites (tertiary alicyclic amines) is 2. The lowest BCUT2D eigenvalue weighted by Crippen LogP contribution is -2.44. The molecule has 4 aromatic rings. The zero-order chi connectivity index (χ0) is 45.2. The van der Waals surface area contributed by atoms with Gasteiger partial charge in [0, 0.05) is 94.3 Å². The van der Waals surface area contributed by atoms with Gasteiger partial charge in [-0.15, -0.1) is 0 Å². The molecule has 3 N–H and O–H groups in total. The molecule has 2 saturated heterocycles. The van der Waals surface area contributed by atoms with Crippen LogP contribution in [0.5, 0.6) is 0 Å². The van der Waals surface area contributed by atoms with Crippen molar-refractivity contribution in [3.05, 3.63) is 104 Å². The number of H-pyrrole nitrogens is 2. The number of aromatic amines is 2. The average molecular weight is 911 g/mol. The minimum Gasteiger partial charge on any atom is -0.372 e. The van der Waals surface area contributed by atoms with E-state index >= 15 is 4.39 Å².